The lowest BCUT2D eigenvalue weighted by Gasteiger charge is -2.17. The Hall–Kier alpha value is -0.870. The van der Waals surface area contributed by atoms with E-state index in [0.717, 1.165) is 0 Å². The maximum atomic E-state index is 11.2. The van der Waals surface area contributed by atoms with Crippen molar-refractivity contribution in [3.05, 3.63) is 22.4 Å². The fourth-order valence-corrected chi connectivity index (χ4v) is 2.04. The molecule has 1 heterocycles. The molecule has 2 unspecified atom stereocenters. The molecule has 0 fully saturated rings. The second-order valence-electron chi connectivity index (χ2n) is 3.28. The first-order valence-electron chi connectivity index (χ1n) is 4.65. The summed E-state index contributed by atoms with van der Waals surface area (Å²) in [5.74, 6) is 0.0204. The Kier molecular flexibility index (Phi) is 4.10. The topological polar surface area (TPSA) is 41.1 Å². The van der Waals surface area contributed by atoms with Gasteiger partial charge in [-0.25, -0.2) is 0 Å². The lowest BCUT2D eigenvalue weighted by Crippen LogP contribution is -2.41. The minimum Gasteiger partial charge on any atom is -0.358 e. The lowest BCUT2D eigenvalue weighted by molar-refractivity contribution is -0.122. The van der Waals surface area contributed by atoms with Gasteiger partial charge >= 0.3 is 0 Å². The zero-order chi connectivity index (χ0) is 10.6. The van der Waals surface area contributed by atoms with Gasteiger partial charge in [-0.3, -0.25) is 10.1 Å². The van der Waals surface area contributed by atoms with Gasteiger partial charge in [0.1, 0.15) is 0 Å². The van der Waals surface area contributed by atoms with Crippen LogP contribution in [0.1, 0.15) is 25.5 Å². The molecule has 0 aliphatic heterocycles. The first-order valence-corrected chi connectivity index (χ1v) is 5.59. The Balaban J connectivity index is 2.49. The third-order valence-electron chi connectivity index (χ3n) is 2.18. The summed E-state index contributed by atoms with van der Waals surface area (Å²) in [6, 6.07) is 2.13. The van der Waals surface area contributed by atoms with Crippen molar-refractivity contribution in [3.8, 4) is 0 Å². The first kappa shape index (κ1) is 11.2. The normalized spacial score (nSPS) is 14.8. The molecule has 1 amide bonds. The largest absolute Gasteiger partial charge is 0.358 e. The predicted octanol–water partition coefficient (Wildman–Crippen LogP) is 1.53. The highest BCUT2D eigenvalue weighted by atomic mass is 32.1. The van der Waals surface area contributed by atoms with Crippen LogP contribution in [-0.4, -0.2) is 19.0 Å². The predicted molar refractivity (Wildman–Crippen MR) is 59.4 cm³/mol. The summed E-state index contributed by atoms with van der Waals surface area (Å²) in [5, 5.41) is 9.98. The molecule has 0 saturated heterocycles. The molecule has 4 heteroatoms. The second-order valence-corrected chi connectivity index (χ2v) is 4.06. The van der Waals surface area contributed by atoms with Gasteiger partial charge in [0.05, 0.1) is 6.04 Å². The van der Waals surface area contributed by atoms with Crippen molar-refractivity contribution >= 4 is 17.2 Å². The molecule has 0 spiro atoms. The van der Waals surface area contributed by atoms with Crippen LogP contribution in [0.15, 0.2) is 16.8 Å². The zero-order valence-electron chi connectivity index (χ0n) is 8.70. The van der Waals surface area contributed by atoms with Crippen molar-refractivity contribution in [3.63, 3.8) is 0 Å². The summed E-state index contributed by atoms with van der Waals surface area (Å²) in [6.07, 6.45) is 0. The Labute approximate surface area is 88.5 Å². The molecule has 1 aromatic rings. The molecule has 0 aromatic carbocycles. The van der Waals surface area contributed by atoms with Gasteiger partial charge in [-0.15, -0.1) is 0 Å². The van der Waals surface area contributed by atoms with Crippen molar-refractivity contribution in [2.75, 3.05) is 7.05 Å². The van der Waals surface area contributed by atoms with Crippen LogP contribution >= 0.6 is 11.3 Å². The molecule has 2 N–H and O–H groups in total. The van der Waals surface area contributed by atoms with E-state index in [-0.39, 0.29) is 18.0 Å². The molecule has 1 aromatic heterocycles. The quantitative estimate of drug-likeness (QED) is 0.794. The number of likely N-dealkylation sites (N-methyl/N-ethyl adjacent to an activating group) is 1. The van der Waals surface area contributed by atoms with Gasteiger partial charge in [0.25, 0.3) is 0 Å². The molecular formula is C10H16N2OS. The van der Waals surface area contributed by atoms with Gasteiger partial charge in [-0.2, -0.15) is 11.3 Å². The number of rotatable bonds is 4. The molecule has 14 heavy (non-hydrogen) atoms. The van der Waals surface area contributed by atoms with Crippen LogP contribution < -0.4 is 10.6 Å². The van der Waals surface area contributed by atoms with Crippen molar-refractivity contribution < 1.29 is 4.79 Å². The molecule has 0 radical (unpaired) electrons. The standard InChI is InChI=1S/C10H16N2OS/c1-7(9-4-5-14-6-9)12-8(2)10(13)11-3/h4-8,12H,1-3H3,(H,11,13). The fraction of sp³-hybridized carbons (Fsp3) is 0.500. The van der Waals surface area contributed by atoms with Gasteiger partial charge in [0.15, 0.2) is 0 Å². The van der Waals surface area contributed by atoms with Gasteiger partial charge in [0.2, 0.25) is 5.91 Å². The van der Waals surface area contributed by atoms with Gasteiger partial charge in [-0.05, 0) is 36.2 Å². The smallest absolute Gasteiger partial charge is 0.236 e. The van der Waals surface area contributed by atoms with Gasteiger partial charge in [-0.1, -0.05) is 0 Å². The van der Waals surface area contributed by atoms with Crippen LogP contribution in [0.2, 0.25) is 0 Å². The van der Waals surface area contributed by atoms with Crippen LogP contribution in [0, 0.1) is 0 Å². The number of hydrogen-bond acceptors (Lipinski definition) is 3. The third-order valence-corrected chi connectivity index (χ3v) is 2.88. The summed E-state index contributed by atoms with van der Waals surface area (Å²) in [5.41, 5.74) is 1.23. The summed E-state index contributed by atoms with van der Waals surface area (Å²) in [6.45, 7) is 3.92. The van der Waals surface area contributed by atoms with Crippen LogP contribution in [-0.2, 0) is 4.79 Å². The molecule has 0 saturated carbocycles. The molecular weight excluding hydrogens is 196 g/mol. The molecule has 1 rings (SSSR count). The van der Waals surface area contributed by atoms with Crippen molar-refractivity contribution in [1.82, 2.24) is 10.6 Å². The van der Waals surface area contributed by atoms with E-state index in [9.17, 15) is 4.79 Å². The SMILES string of the molecule is CNC(=O)C(C)NC(C)c1ccsc1. The summed E-state index contributed by atoms with van der Waals surface area (Å²) in [7, 11) is 1.65. The molecule has 2 atom stereocenters. The molecule has 3 nitrogen and oxygen atoms in total. The highest BCUT2D eigenvalue weighted by molar-refractivity contribution is 7.07. The number of carbonyl (C=O) groups is 1. The molecule has 78 valence electrons. The second kappa shape index (κ2) is 5.12. The van der Waals surface area contributed by atoms with Crippen LogP contribution in [0.5, 0.6) is 0 Å². The summed E-state index contributed by atoms with van der Waals surface area (Å²) in [4.78, 5) is 11.2. The zero-order valence-corrected chi connectivity index (χ0v) is 9.52. The highest BCUT2D eigenvalue weighted by Crippen LogP contribution is 2.15. The minimum absolute atomic E-state index is 0.0204. The molecule has 0 aliphatic carbocycles. The van der Waals surface area contributed by atoms with Crippen molar-refractivity contribution in [1.29, 1.82) is 0 Å². The maximum absolute atomic E-state index is 11.2. The first-order chi connectivity index (χ1) is 6.65. The highest BCUT2D eigenvalue weighted by Gasteiger charge is 2.14. The monoisotopic (exact) mass is 212 g/mol. The number of amides is 1. The maximum Gasteiger partial charge on any atom is 0.236 e. The average Bonchev–Trinajstić information content (AvgIpc) is 2.69. The number of hydrogen-bond donors (Lipinski definition) is 2. The number of thiophene rings is 1. The lowest BCUT2D eigenvalue weighted by atomic mass is 10.1. The van der Waals surface area contributed by atoms with Crippen LogP contribution in [0.25, 0.3) is 0 Å². The van der Waals surface area contributed by atoms with Crippen LogP contribution in [0.3, 0.4) is 0 Å². The third kappa shape index (κ3) is 2.82. The van der Waals surface area contributed by atoms with Crippen LogP contribution in [0.4, 0.5) is 0 Å². The fourth-order valence-electron chi connectivity index (χ4n) is 1.28. The Bertz CT molecular complexity index is 284. The van der Waals surface area contributed by atoms with E-state index in [0.29, 0.717) is 0 Å². The minimum atomic E-state index is -0.158. The van der Waals surface area contributed by atoms with Crippen molar-refractivity contribution in [2.45, 2.75) is 25.9 Å². The Morgan fingerprint density at radius 3 is 2.71 bits per heavy atom. The Morgan fingerprint density at radius 2 is 2.21 bits per heavy atom. The van der Waals surface area contributed by atoms with Crippen molar-refractivity contribution in [2.24, 2.45) is 0 Å². The molecule has 0 aliphatic rings. The summed E-state index contributed by atoms with van der Waals surface area (Å²) >= 11 is 1.67. The number of nitrogens with one attached hydrogen (secondary N) is 2. The molecule has 0 bridgehead atoms. The van der Waals surface area contributed by atoms with E-state index in [2.05, 4.69) is 29.0 Å². The van der Waals surface area contributed by atoms with E-state index >= 15 is 0 Å². The van der Waals surface area contributed by atoms with E-state index in [1.165, 1.54) is 5.56 Å². The summed E-state index contributed by atoms with van der Waals surface area (Å²) < 4.78 is 0. The average molecular weight is 212 g/mol. The van der Waals surface area contributed by atoms with Gasteiger partial charge in [0, 0.05) is 13.1 Å². The van der Waals surface area contributed by atoms with Gasteiger partial charge < -0.3 is 5.32 Å². The Morgan fingerprint density at radius 1 is 1.50 bits per heavy atom. The van der Waals surface area contributed by atoms with E-state index in [1.54, 1.807) is 18.4 Å². The van der Waals surface area contributed by atoms with E-state index in [4.69, 9.17) is 0 Å². The van der Waals surface area contributed by atoms with E-state index in [1.807, 2.05) is 12.3 Å². The van der Waals surface area contributed by atoms with E-state index < -0.39 is 0 Å². The number of carbonyl (C=O) groups excluding carboxylic acids is 1.